The summed E-state index contributed by atoms with van der Waals surface area (Å²) in [5.41, 5.74) is 4.44. The summed E-state index contributed by atoms with van der Waals surface area (Å²) in [6, 6.07) is 22.5. The lowest BCUT2D eigenvalue weighted by molar-refractivity contribution is -0.141. The molecule has 0 spiro atoms. The van der Waals surface area contributed by atoms with E-state index in [2.05, 4.69) is 0 Å². The van der Waals surface area contributed by atoms with Crippen LogP contribution in [0.3, 0.4) is 0 Å². The number of amides is 1. The predicted octanol–water partition coefficient (Wildman–Crippen LogP) is 6.25. The summed E-state index contributed by atoms with van der Waals surface area (Å²) >= 11 is 0. The standard InChI is InChI=1S/C31H31NO4/c1-20-10-6-9-15-25(20)28-27(30(34)31(35)32(28)24-13-7-8-14-24)29(33)23-16-17-26(21(2)18-23)36-19-22-11-4-3-5-12-22/h3-6,9-12,15-18,24,28,33H,7-8,13-14,19H2,1-2H3/b29-27+. The number of aryl methyl sites for hydroxylation is 2. The van der Waals surface area contributed by atoms with Gasteiger partial charge < -0.3 is 14.7 Å². The largest absolute Gasteiger partial charge is 0.507 e. The Balaban J connectivity index is 1.53. The predicted molar refractivity (Wildman–Crippen MR) is 140 cm³/mol. The van der Waals surface area contributed by atoms with Crippen molar-refractivity contribution in [3.05, 3.63) is 106 Å². The molecule has 184 valence electrons. The summed E-state index contributed by atoms with van der Waals surface area (Å²) in [5, 5.41) is 11.5. The van der Waals surface area contributed by atoms with Gasteiger partial charge in [-0.1, -0.05) is 67.4 Å². The third-order valence-electron chi connectivity index (χ3n) is 7.37. The molecule has 1 saturated heterocycles. The Morgan fingerprint density at radius 3 is 2.31 bits per heavy atom. The molecule has 5 rings (SSSR count). The molecule has 0 aromatic heterocycles. The highest BCUT2D eigenvalue weighted by atomic mass is 16.5. The van der Waals surface area contributed by atoms with Crippen LogP contribution in [-0.4, -0.2) is 27.7 Å². The van der Waals surface area contributed by atoms with E-state index in [9.17, 15) is 14.7 Å². The Labute approximate surface area is 212 Å². The van der Waals surface area contributed by atoms with Gasteiger partial charge in [0.05, 0.1) is 11.6 Å². The molecule has 1 unspecified atom stereocenters. The second-order valence-electron chi connectivity index (χ2n) is 9.76. The summed E-state index contributed by atoms with van der Waals surface area (Å²) < 4.78 is 5.98. The molecular weight excluding hydrogens is 450 g/mol. The maximum absolute atomic E-state index is 13.4. The van der Waals surface area contributed by atoms with Crippen LogP contribution in [0.25, 0.3) is 5.76 Å². The second kappa shape index (κ2) is 10.0. The summed E-state index contributed by atoms with van der Waals surface area (Å²) in [6.45, 7) is 4.33. The number of hydrogen-bond donors (Lipinski definition) is 1. The van der Waals surface area contributed by atoms with Gasteiger partial charge in [-0.2, -0.15) is 0 Å². The molecule has 1 N–H and O–H groups in total. The molecule has 1 saturated carbocycles. The fraction of sp³-hybridized carbons (Fsp3) is 0.290. The number of carbonyl (C=O) groups excluding carboxylic acids is 2. The van der Waals surface area contributed by atoms with E-state index >= 15 is 0 Å². The highest BCUT2D eigenvalue weighted by Gasteiger charge is 2.49. The second-order valence-corrected chi connectivity index (χ2v) is 9.76. The van der Waals surface area contributed by atoms with Crippen molar-refractivity contribution in [3.63, 3.8) is 0 Å². The van der Waals surface area contributed by atoms with Crippen LogP contribution < -0.4 is 4.74 Å². The summed E-state index contributed by atoms with van der Waals surface area (Å²) in [4.78, 5) is 28.4. The van der Waals surface area contributed by atoms with Crippen LogP contribution in [0.2, 0.25) is 0 Å². The molecule has 3 aromatic rings. The van der Waals surface area contributed by atoms with Crippen molar-refractivity contribution in [1.29, 1.82) is 0 Å². The number of aliphatic hydroxyl groups excluding tert-OH is 1. The van der Waals surface area contributed by atoms with Gasteiger partial charge in [0.1, 0.15) is 18.1 Å². The topological polar surface area (TPSA) is 66.8 Å². The first-order valence-electron chi connectivity index (χ1n) is 12.6. The first-order chi connectivity index (χ1) is 17.5. The zero-order valence-electron chi connectivity index (χ0n) is 20.7. The van der Waals surface area contributed by atoms with Gasteiger partial charge in [0.15, 0.2) is 0 Å². The number of aliphatic hydroxyl groups is 1. The molecule has 1 amide bonds. The first kappa shape index (κ1) is 23.9. The maximum atomic E-state index is 13.4. The monoisotopic (exact) mass is 481 g/mol. The third kappa shape index (κ3) is 4.41. The van der Waals surface area contributed by atoms with Crippen molar-refractivity contribution in [2.75, 3.05) is 0 Å². The quantitative estimate of drug-likeness (QED) is 0.257. The van der Waals surface area contributed by atoms with Crippen molar-refractivity contribution in [1.82, 2.24) is 4.90 Å². The lowest BCUT2D eigenvalue weighted by atomic mass is 9.91. The summed E-state index contributed by atoms with van der Waals surface area (Å²) in [7, 11) is 0. The van der Waals surface area contributed by atoms with Gasteiger partial charge >= 0.3 is 0 Å². The number of ether oxygens (including phenoxy) is 1. The van der Waals surface area contributed by atoms with Gasteiger partial charge in [-0.25, -0.2) is 0 Å². The smallest absolute Gasteiger partial charge is 0.295 e. The molecule has 36 heavy (non-hydrogen) atoms. The highest BCUT2D eigenvalue weighted by molar-refractivity contribution is 6.46. The molecule has 2 fully saturated rings. The molecule has 1 atom stereocenters. The molecule has 2 aliphatic rings. The van der Waals surface area contributed by atoms with Crippen molar-refractivity contribution in [3.8, 4) is 5.75 Å². The van der Waals surface area contributed by atoms with Crippen molar-refractivity contribution >= 4 is 17.4 Å². The number of Topliss-reactive ketones (excluding diaryl/α,β-unsaturated/α-hetero) is 1. The number of ketones is 1. The van der Waals surface area contributed by atoms with Gasteiger partial charge in [0.25, 0.3) is 11.7 Å². The van der Waals surface area contributed by atoms with Crippen molar-refractivity contribution in [2.45, 2.75) is 58.2 Å². The Kier molecular flexibility index (Phi) is 6.64. The van der Waals surface area contributed by atoms with Crippen LogP contribution in [0, 0.1) is 13.8 Å². The van der Waals surface area contributed by atoms with Gasteiger partial charge in [0, 0.05) is 11.6 Å². The number of carbonyl (C=O) groups is 2. The molecule has 0 bridgehead atoms. The number of hydrogen-bond acceptors (Lipinski definition) is 4. The van der Waals surface area contributed by atoms with Crippen LogP contribution in [0.1, 0.15) is 59.5 Å². The maximum Gasteiger partial charge on any atom is 0.295 e. The van der Waals surface area contributed by atoms with Crippen LogP contribution in [0.5, 0.6) is 5.75 Å². The molecule has 0 radical (unpaired) electrons. The minimum absolute atomic E-state index is 0.00635. The van der Waals surface area contributed by atoms with Crippen molar-refractivity contribution < 1.29 is 19.4 Å². The first-order valence-corrected chi connectivity index (χ1v) is 12.6. The zero-order valence-corrected chi connectivity index (χ0v) is 20.7. The fourth-order valence-corrected chi connectivity index (χ4v) is 5.46. The molecule has 3 aromatic carbocycles. The van der Waals surface area contributed by atoms with E-state index in [0.29, 0.717) is 17.9 Å². The van der Waals surface area contributed by atoms with E-state index in [0.717, 1.165) is 47.9 Å². The fourth-order valence-electron chi connectivity index (χ4n) is 5.46. The average Bonchev–Trinajstić information content (AvgIpc) is 3.50. The van der Waals surface area contributed by atoms with Crippen LogP contribution in [-0.2, 0) is 16.2 Å². The minimum atomic E-state index is -0.616. The molecule has 1 heterocycles. The van der Waals surface area contributed by atoms with Gasteiger partial charge in [0.2, 0.25) is 0 Å². The Hall–Kier alpha value is -3.86. The van der Waals surface area contributed by atoms with Crippen LogP contribution in [0.4, 0.5) is 0 Å². The Morgan fingerprint density at radius 1 is 0.917 bits per heavy atom. The van der Waals surface area contributed by atoms with Gasteiger partial charge in [-0.05, 0) is 67.1 Å². The SMILES string of the molecule is Cc1cc(/C(O)=C2\C(=O)C(=O)N(C3CCCC3)C2c2ccccc2C)ccc1OCc1ccccc1. The molecule has 5 heteroatoms. The normalized spacial score (nSPS) is 19.7. The number of benzene rings is 3. The minimum Gasteiger partial charge on any atom is -0.507 e. The Bertz CT molecular complexity index is 1320. The van der Waals surface area contributed by atoms with Crippen LogP contribution in [0.15, 0.2) is 78.4 Å². The number of likely N-dealkylation sites (tertiary alicyclic amines) is 1. The summed E-state index contributed by atoms with van der Waals surface area (Å²) in [6.07, 6.45) is 3.83. The van der Waals surface area contributed by atoms with Gasteiger partial charge in [-0.15, -0.1) is 0 Å². The van der Waals surface area contributed by atoms with E-state index in [1.165, 1.54) is 0 Å². The van der Waals surface area contributed by atoms with E-state index in [1.54, 1.807) is 11.0 Å². The molecule has 5 nitrogen and oxygen atoms in total. The molecule has 1 aliphatic carbocycles. The molecule has 1 aliphatic heterocycles. The van der Waals surface area contributed by atoms with Crippen LogP contribution >= 0.6 is 0 Å². The summed E-state index contributed by atoms with van der Waals surface area (Å²) in [5.74, 6) is -0.567. The van der Waals surface area contributed by atoms with E-state index in [4.69, 9.17) is 4.74 Å². The lowest BCUT2D eigenvalue weighted by Gasteiger charge is -2.31. The van der Waals surface area contributed by atoms with E-state index < -0.39 is 17.7 Å². The van der Waals surface area contributed by atoms with E-state index in [1.807, 2.05) is 80.6 Å². The zero-order chi connectivity index (χ0) is 25.2. The van der Waals surface area contributed by atoms with Crippen molar-refractivity contribution in [2.24, 2.45) is 0 Å². The Morgan fingerprint density at radius 2 is 1.61 bits per heavy atom. The highest BCUT2D eigenvalue weighted by Crippen LogP contribution is 2.44. The number of nitrogens with zero attached hydrogens (tertiary/aromatic N) is 1. The average molecular weight is 482 g/mol. The lowest BCUT2D eigenvalue weighted by Crippen LogP contribution is -2.37. The number of rotatable bonds is 6. The third-order valence-corrected chi connectivity index (χ3v) is 7.37. The molecular formula is C31H31NO4. The van der Waals surface area contributed by atoms with Gasteiger partial charge in [-0.3, -0.25) is 9.59 Å². The van der Waals surface area contributed by atoms with E-state index in [-0.39, 0.29) is 17.4 Å².